The Labute approximate surface area is 176 Å². The minimum Gasteiger partial charge on any atom is -0.461 e. The third-order valence-corrected chi connectivity index (χ3v) is 22.3. The number of carbonyl (C=O) groups excluding carboxylic acids is 1. The fourth-order valence-electron chi connectivity index (χ4n) is 2.02. The van der Waals surface area contributed by atoms with Crippen molar-refractivity contribution in [1.82, 2.24) is 0 Å². The highest BCUT2D eigenvalue weighted by molar-refractivity contribution is 6.86. The normalized spacial score (nSPS) is 17.1. The molecule has 27 heavy (non-hydrogen) atoms. The van der Waals surface area contributed by atoms with Crippen molar-refractivity contribution in [2.24, 2.45) is 5.73 Å². The average molecular weight is 484 g/mol. The Morgan fingerprint density at radius 1 is 0.852 bits per heavy atom. The summed E-state index contributed by atoms with van der Waals surface area (Å²) in [7, 11) is -7.00. The van der Waals surface area contributed by atoms with Crippen molar-refractivity contribution in [3.63, 3.8) is 0 Å². The van der Waals surface area contributed by atoms with E-state index in [0.717, 1.165) is 12.8 Å². The van der Waals surface area contributed by atoms with E-state index in [1.807, 2.05) is 6.08 Å². The highest BCUT2D eigenvalue weighted by Gasteiger charge is 2.37. The lowest BCUT2D eigenvalue weighted by Gasteiger charge is -2.38. The standard InChI is InChI=1S/C15H41NO5Si6/c1-25(2,3)19-22-15(23-20-26(4,5)6,24-21-27(7,8)9)12-10-11-13-18-14(16)17/h11,13H,10,12,22-24H2,1-9H3,(H2,16,17). The fourth-order valence-corrected chi connectivity index (χ4v) is 18.5. The maximum absolute atomic E-state index is 10.7. The van der Waals surface area contributed by atoms with Gasteiger partial charge in [-0.2, -0.15) is 0 Å². The van der Waals surface area contributed by atoms with Crippen LogP contribution in [0.2, 0.25) is 63.2 Å². The second-order valence-corrected chi connectivity index (χ2v) is 34.6. The quantitative estimate of drug-likeness (QED) is 0.321. The summed E-state index contributed by atoms with van der Waals surface area (Å²) in [5, 5.41) is 0. The van der Waals surface area contributed by atoms with E-state index in [9.17, 15) is 4.79 Å². The molecule has 0 aromatic heterocycles. The zero-order chi connectivity index (χ0) is 21.4. The molecule has 0 aliphatic rings. The first-order valence-electron chi connectivity index (χ1n) is 9.57. The first-order chi connectivity index (χ1) is 12.0. The van der Waals surface area contributed by atoms with Crippen LogP contribution in [0.15, 0.2) is 12.3 Å². The molecular formula is C15H41NO5Si6. The topological polar surface area (TPSA) is 80.0 Å². The summed E-state index contributed by atoms with van der Waals surface area (Å²) in [6.45, 7) is 20.3. The summed E-state index contributed by atoms with van der Waals surface area (Å²) in [6.07, 6.45) is 4.35. The second kappa shape index (κ2) is 11.4. The van der Waals surface area contributed by atoms with Gasteiger partial charge in [-0.1, -0.05) is 0 Å². The molecule has 12 heteroatoms. The maximum atomic E-state index is 10.7. The largest absolute Gasteiger partial charge is 0.461 e. The average Bonchev–Trinajstić information content (AvgIpc) is 2.45. The van der Waals surface area contributed by atoms with Gasteiger partial charge in [0.05, 0.1) is 6.26 Å². The highest BCUT2D eigenvalue weighted by Crippen LogP contribution is 2.32. The van der Waals surface area contributed by atoms with Crippen LogP contribution in [-0.4, -0.2) is 60.3 Å². The van der Waals surface area contributed by atoms with Crippen molar-refractivity contribution in [3.8, 4) is 0 Å². The van der Waals surface area contributed by atoms with Gasteiger partial charge in [-0.05, 0) is 77.8 Å². The molecule has 0 saturated carbocycles. The highest BCUT2D eigenvalue weighted by atomic mass is 28.4. The van der Waals surface area contributed by atoms with Crippen LogP contribution in [0.4, 0.5) is 4.79 Å². The lowest BCUT2D eigenvalue weighted by molar-refractivity contribution is 0.196. The maximum Gasteiger partial charge on any atom is 0.409 e. The van der Waals surface area contributed by atoms with Gasteiger partial charge >= 0.3 is 6.09 Å². The predicted octanol–water partition coefficient (Wildman–Crippen LogP) is 2.26. The van der Waals surface area contributed by atoms with Crippen molar-refractivity contribution < 1.29 is 21.9 Å². The van der Waals surface area contributed by atoms with Crippen LogP contribution in [0.1, 0.15) is 12.8 Å². The van der Waals surface area contributed by atoms with Crippen molar-refractivity contribution >= 4 is 60.3 Å². The number of hydrogen-bond acceptors (Lipinski definition) is 5. The second-order valence-electron chi connectivity index (χ2n) is 10.1. The van der Waals surface area contributed by atoms with Gasteiger partial charge in [-0.3, -0.25) is 0 Å². The Kier molecular flexibility index (Phi) is 11.5. The molecule has 160 valence electrons. The van der Waals surface area contributed by atoms with E-state index in [1.54, 1.807) is 0 Å². The monoisotopic (exact) mass is 483 g/mol. The minimum atomic E-state index is -1.57. The molecule has 0 unspecified atom stereocenters. The molecule has 0 aromatic rings. The van der Waals surface area contributed by atoms with Crippen molar-refractivity contribution in [3.05, 3.63) is 12.3 Å². The molecule has 0 spiro atoms. The number of carbonyl (C=O) groups is 1. The predicted molar refractivity (Wildman–Crippen MR) is 131 cm³/mol. The van der Waals surface area contributed by atoms with E-state index < -0.39 is 60.3 Å². The third-order valence-electron chi connectivity index (χ3n) is 3.56. The lowest BCUT2D eigenvalue weighted by atomic mass is 10.3. The van der Waals surface area contributed by atoms with Crippen LogP contribution in [0.25, 0.3) is 0 Å². The van der Waals surface area contributed by atoms with Gasteiger partial charge in [-0.25, -0.2) is 4.79 Å². The number of allylic oxidation sites excluding steroid dienone is 1. The van der Waals surface area contributed by atoms with Crippen molar-refractivity contribution in [2.75, 3.05) is 0 Å². The SMILES string of the molecule is C[Si](C)(C)O[SiH2]C(CCC=COC(N)=O)([SiH2]O[Si](C)(C)C)[SiH2]O[Si](C)(C)C. The van der Waals surface area contributed by atoms with Gasteiger partial charge in [0.25, 0.3) is 0 Å². The first kappa shape index (κ1) is 27.2. The third kappa shape index (κ3) is 16.8. The fraction of sp³-hybridized carbons (Fsp3) is 0.800. The molecule has 0 aliphatic carbocycles. The Hall–Kier alpha value is 0.191. The molecule has 0 aliphatic heterocycles. The van der Waals surface area contributed by atoms with E-state index >= 15 is 0 Å². The number of primary amides is 1. The molecule has 0 bridgehead atoms. The van der Waals surface area contributed by atoms with Gasteiger partial charge in [0, 0.05) is 4.28 Å². The van der Waals surface area contributed by atoms with Gasteiger partial charge in [0.2, 0.25) is 0 Å². The van der Waals surface area contributed by atoms with Crippen LogP contribution in [0.3, 0.4) is 0 Å². The van der Waals surface area contributed by atoms with Gasteiger partial charge in [0.15, 0.2) is 54.2 Å². The van der Waals surface area contributed by atoms with Crippen molar-refractivity contribution in [2.45, 2.75) is 76.0 Å². The molecule has 0 atom stereocenters. The van der Waals surface area contributed by atoms with Crippen LogP contribution in [0.5, 0.6) is 0 Å². The Morgan fingerprint density at radius 2 is 1.22 bits per heavy atom. The molecule has 2 N–H and O–H groups in total. The summed E-state index contributed by atoms with van der Waals surface area (Å²) in [4.78, 5) is 10.7. The van der Waals surface area contributed by atoms with Crippen LogP contribution >= 0.6 is 0 Å². The molecule has 0 aromatic carbocycles. The molecule has 0 saturated heterocycles. The first-order valence-corrected chi connectivity index (χ1v) is 23.6. The number of ether oxygens (including phenoxy) is 1. The summed E-state index contributed by atoms with van der Waals surface area (Å²) < 4.78 is 24.4. The molecule has 0 rings (SSSR count). The van der Waals surface area contributed by atoms with E-state index in [1.165, 1.54) is 6.26 Å². The smallest absolute Gasteiger partial charge is 0.409 e. The number of rotatable bonds is 13. The van der Waals surface area contributed by atoms with Gasteiger partial charge in [0.1, 0.15) is 0 Å². The van der Waals surface area contributed by atoms with Gasteiger partial charge < -0.3 is 22.8 Å². The number of nitrogens with two attached hydrogens (primary N) is 1. The Bertz CT molecular complexity index is 439. The van der Waals surface area contributed by atoms with E-state index in [0.29, 0.717) is 0 Å². The molecule has 0 radical (unpaired) electrons. The van der Waals surface area contributed by atoms with E-state index in [4.69, 9.17) is 22.8 Å². The summed E-state index contributed by atoms with van der Waals surface area (Å²) in [6, 6.07) is 0. The van der Waals surface area contributed by atoms with E-state index in [2.05, 4.69) is 58.9 Å². The van der Waals surface area contributed by atoms with Crippen LogP contribution in [0, 0.1) is 0 Å². The summed E-state index contributed by atoms with van der Waals surface area (Å²) in [5.74, 6) is 0. The van der Waals surface area contributed by atoms with Crippen molar-refractivity contribution in [1.29, 1.82) is 0 Å². The van der Waals surface area contributed by atoms with E-state index in [-0.39, 0.29) is 4.28 Å². The Balaban J connectivity index is 5.32. The molecule has 6 nitrogen and oxygen atoms in total. The van der Waals surface area contributed by atoms with Crippen LogP contribution in [-0.2, 0) is 17.1 Å². The zero-order valence-corrected chi connectivity index (χ0v) is 26.1. The molecule has 0 fully saturated rings. The molecule has 1 amide bonds. The van der Waals surface area contributed by atoms with Crippen LogP contribution < -0.4 is 5.73 Å². The number of hydrogen-bond donors (Lipinski definition) is 1. The molecule has 0 heterocycles. The lowest BCUT2D eigenvalue weighted by Crippen LogP contribution is -2.47. The summed E-state index contributed by atoms with van der Waals surface area (Å²) in [5.41, 5.74) is 5.01. The zero-order valence-electron chi connectivity index (χ0n) is 18.8. The van der Waals surface area contributed by atoms with Gasteiger partial charge in [-0.15, -0.1) is 0 Å². The summed E-state index contributed by atoms with van der Waals surface area (Å²) >= 11 is 0. The molecular weight excluding hydrogens is 443 g/mol. The minimum absolute atomic E-state index is 0.192. The Morgan fingerprint density at radius 3 is 1.52 bits per heavy atom. The number of amides is 1.